The Balaban J connectivity index is 2.64. The average molecular weight is 208 g/mol. The molecule has 0 unspecified atom stereocenters. The monoisotopic (exact) mass is 208 g/mol. The Kier molecular flexibility index (Phi) is 2.95. The number of hydrogen-bond acceptors (Lipinski definition) is 4. The molecule has 1 rings (SSSR count). The van der Waals surface area contributed by atoms with Crippen LogP contribution in [0.4, 0.5) is 10.5 Å². The van der Waals surface area contributed by atoms with E-state index in [0.717, 1.165) is 0 Å². The van der Waals surface area contributed by atoms with Crippen LogP contribution in [0.3, 0.4) is 0 Å². The second-order valence-electron chi connectivity index (χ2n) is 3.90. The summed E-state index contributed by atoms with van der Waals surface area (Å²) >= 11 is 0. The average Bonchev–Trinajstić information content (AvgIpc) is 2.48. The molecule has 6 nitrogen and oxygen atoms in total. The number of anilines is 1. The normalized spacial score (nSPS) is 10.5. The SMILES string of the molecule is CC(C)(C)OC(=O)Nc1cn[nH]c1C#N. The van der Waals surface area contributed by atoms with Crippen LogP contribution >= 0.6 is 0 Å². The van der Waals surface area contributed by atoms with Crippen molar-refractivity contribution in [1.29, 1.82) is 5.26 Å². The van der Waals surface area contributed by atoms with Crippen LogP contribution in [-0.4, -0.2) is 21.9 Å². The molecule has 0 aromatic carbocycles. The zero-order chi connectivity index (χ0) is 11.5. The maximum Gasteiger partial charge on any atom is 0.412 e. The topological polar surface area (TPSA) is 90.8 Å². The van der Waals surface area contributed by atoms with Crippen LogP contribution in [0.5, 0.6) is 0 Å². The van der Waals surface area contributed by atoms with E-state index in [0.29, 0.717) is 5.69 Å². The first-order valence-electron chi connectivity index (χ1n) is 4.36. The number of nitrogens with zero attached hydrogens (tertiary/aromatic N) is 2. The minimum atomic E-state index is -0.611. The molecule has 0 atom stereocenters. The van der Waals surface area contributed by atoms with Crippen molar-refractivity contribution in [3.05, 3.63) is 11.9 Å². The maximum absolute atomic E-state index is 11.3. The fourth-order valence-electron chi connectivity index (χ4n) is 0.880. The summed E-state index contributed by atoms with van der Waals surface area (Å²) in [5.74, 6) is 0. The van der Waals surface area contributed by atoms with Crippen LogP contribution in [0.25, 0.3) is 0 Å². The summed E-state index contributed by atoms with van der Waals surface area (Å²) in [7, 11) is 0. The predicted octanol–water partition coefficient (Wildman–Crippen LogP) is 1.63. The Labute approximate surface area is 87.2 Å². The number of rotatable bonds is 1. The molecule has 15 heavy (non-hydrogen) atoms. The summed E-state index contributed by atoms with van der Waals surface area (Å²) in [6, 6.07) is 1.86. The van der Waals surface area contributed by atoms with E-state index in [4.69, 9.17) is 10.00 Å². The lowest BCUT2D eigenvalue weighted by Gasteiger charge is -2.19. The third kappa shape index (κ3) is 3.31. The molecule has 0 spiro atoms. The molecule has 1 heterocycles. The van der Waals surface area contributed by atoms with Gasteiger partial charge in [-0.3, -0.25) is 10.4 Å². The van der Waals surface area contributed by atoms with Gasteiger partial charge in [-0.05, 0) is 20.8 Å². The molecule has 0 saturated carbocycles. The van der Waals surface area contributed by atoms with Crippen molar-refractivity contribution in [2.24, 2.45) is 0 Å². The van der Waals surface area contributed by atoms with Crippen LogP contribution < -0.4 is 5.32 Å². The molecule has 0 aliphatic carbocycles. The van der Waals surface area contributed by atoms with Gasteiger partial charge in [0.2, 0.25) is 0 Å². The largest absolute Gasteiger partial charge is 0.444 e. The zero-order valence-corrected chi connectivity index (χ0v) is 8.79. The van der Waals surface area contributed by atoms with Crippen molar-refractivity contribution in [3.63, 3.8) is 0 Å². The first-order valence-corrected chi connectivity index (χ1v) is 4.36. The van der Waals surface area contributed by atoms with Crippen molar-refractivity contribution in [1.82, 2.24) is 10.2 Å². The molecule has 1 amide bonds. The van der Waals surface area contributed by atoms with Crippen LogP contribution in [0.15, 0.2) is 6.20 Å². The van der Waals surface area contributed by atoms with Gasteiger partial charge in [-0.2, -0.15) is 10.4 Å². The Morgan fingerprint density at radius 1 is 1.67 bits per heavy atom. The maximum atomic E-state index is 11.3. The van der Waals surface area contributed by atoms with Gasteiger partial charge in [-0.25, -0.2) is 4.79 Å². The summed E-state index contributed by atoms with van der Waals surface area (Å²) in [6.45, 7) is 5.27. The van der Waals surface area contributed by atoms with Gasteiger partial charge in [0, 0.05) is 0 Å². The summed E-state index contributed by atoms with van der Waals surface area (Å²) in [4.78, 5) is 11.3. The number of hydrogen-bond donors (Lipinski definition) is 2. The number of carbonyl (C=O) groups is 1. The van der Waals surface area contributed by atoms with Gasteiger partial charge < -0.3 is 4.74 Å². The smallest absolute Gasteiger partial charge is 0.412 e. The Hall–Kier alpha value is -2.03. The van der Waals surface area contributed by atoms with E-state index in [-0.39, 0.29) is 5.69 Å². The van der Waals surface area contributed by atoms with E-state index >= 15 is 0 Å². The quantitative estimate of drug-likeness (QED) is 0.733. The summed E-state index contributed by atoms with van der Waals surface area (Å²) in [5, 5.41) is 17.1. The summed E-state index contributed by atoms with van der Waals surface area (Å²) in [6.07, 6.45) is 0.739. The standard InChI is InChI=1S/C9H12N4O2/c1-9(2,3)15-8(14)12-7-5-11-13-6(7)4-10/h5H,1-3H3,(H,11,13)(H,12,14). The Morgan fingerprint density at radius 3 is 2.87 bits per heavy atom. The number of carbonyl (C=O) groups excluding carboxylic acids is 1. The second-order valence-corrected chi connectivity index (χ2v) is 3.90. The molecule has 0 aliphatic heterocycles. The highest BCUT2D eigenvalue weighted by atomic mass is 16.6. The van der Waals surface area contributed by atoms with Crippen molar-refractivity contribution in [2.75, 3.05) is 5.32 Å². The van der Waals surface area contributed by atoms with E-state index in [1.54, 1.807) is 20.8 Å². The number of nitrogens with one attached hydrogen (secondary N) is 2. The van der Waals surface area contributed by atoms with E-state index < -0.39 is 11.7 Å². The first kappa shape index (κ1) is 11.0. The van der Waals surface area contributed by atoms with Gasteiger partial charge in [0.15, 0.2) is 5.69 Å². The van der Waals surface area contributed by atoms with Gasteiger partial charge in [0.05, 0.1) is 6.20 Å². The number of nitriles is 1. The fraction of sp³-hybridized carbons (Fsp3) is 0.444. The predicted molar refractivity (Wildman–Crippen MR) is 53.2 cm³/mol. The van der Waals surface area contributed by atoms with Crippen LogP contribution in [0.1, 0.15) is 26.5 Å². The molecule has 1 aromatic rings. The van der Waals surface area contributed by atoms with Gasteiger partial charge in [0.1, 0.15) is 17.4 Å². The van der Waals surface area contributed by atoms with E-state index in [1.165, 1.54) is 6.20 Å². The first-order chi connectivity index (χ1) is 6.92. The molecule has 80 valence electrons. The van der Waals surface area contributed by atoms with Crippen LogP contribution in [0.2, 0.25) is 0 Å². The Bertz CT molecular complexity index is 397. The molecule has 0 aliphatic rings. The minimum Gasteiger partial charge on any atom is -0.444 e. The van der Waals surface area contributed by atoms with Crippen LogP contribution in [0, 0.1) is 11.3 Å². The van der Waals surface area contributed by atoms with Crippen molar-refractivity contribution >= 4 is 11.8 Å². The molecule has 2 N–H and O–H groups in total. The van der Waals surface area contributed by atoms with Crippen molar-refractivity contribution in [2.45, 2.75) is 26.4 Å². The number of aromatic amines is 1. The van der Waals surface area contributed by atoms with E-state index in [1.807, 2.05) is 6.07 Å². The third-order valence-corrected chi connectivity index (χ3v) is 1.39. The molecular weight excluding hydrogens is 196 g/mol. The lowest BCUT2D eigenvalue weighted by atomic mass is 10.2. The van der Waals surface area contributed by atoms with Crippen LogP contribution in [-0.2, 0) is 4.74 Å². The highest BCUT2D eigenvalue weighted by Gasteiger charge is 2.17. The molecule has 0 saturated heterocycles. The third-order valence-electron chi connectivity index (χ3n) is 1.39. The van der Waals surface area contributed by atoms with E-state index in [2.05, 4.69) is 15.5 Å². The number of ether oxygens (including phenoxy) is 1. The van der Waals surface area contributed by atoms with Gasteiger partial charge in [-0.1, -0.05) is 0 Å². The molecule has 0 radical (unpaired) electrons. The fourth-order valence-corrected chi connectivity index (χ4v) is 0.880. The Morgan fingerprint density at radius 2 is 2.33 bits per heavy atom. The summed E-state index contributed by atoms with van der Waals surface area (Å²) < 4.78 is 5.01. The lowest BCUT2D eigenvalue weighted by Crippen LogP contribution is -2.27. The molecule has 0 fully saturated rings. The van der Waals surface area contributed by atoms with E-state index in [9.17, 15) is 4.79 Å². The second kappa shape index (κ2) is 4.00. The lowest BCUT2D eigenvalue weighted by molar-refractivity contribution is 0.0636. The number of amides is 1. The molecular formula is C9H12N4O2. The highest BCUT2D eigenvalue weighted by molar-refractivity contribution is 5.86. The number of aromatic nitrogens is 2. The van der Waals surface area contributed by atoms with Crippen molar-refractivity contribution in [3.8, 4) is 6.07 Å². The van der Waals surface area contributed by atoms with Crippen molar-refractivity contribution < 1.29 is 9.53 Å². The minimum absolute atomic E-state index is 0.195. The molecule has 6 heteroatoms. The molecule has 0 bridgehead atoms. The highest BCUT2D eigenvalue weighted by Crippen LogP contribution is 2.13. The van der Waals surface area contributed by atoms with Gasteiger partial charge in [0.25, 0.3) is 0 Å². The molecule has 1 aromatic heterocycles. The zero-order valence-electron chi connectivity index (χ0n) is 8.79. The number of H-pyrrole nitrogens is 1. The van der Waals surface area contributed by atoms with Gasteiger partial charge >= 0.3 is 6.09 Å². The summed E-state index contributed by atoms with van der Waals surface area (Å²) in [5.41, 5.74) is -0.0618. The van der Waals surface area contributed by atoms with Gasteiger partial charge in [-0.15, -0.1) is 0 Å².